The molecule has 1 aliphatic heterocycles. The lowest BCUT2D eigenvalue weighted by atomic mass is 9.93. The maximum atomic E-state index is 11.7. The van der Waals surface area contributed by atoms with Gasteiger partial charge in [0.05, 0.1) is 13.2 Å². The quantitative estimate of drug-likeness (QED) is 0.787. The number of esters is 1. The van der Waals surface area contributed by atoms with Gasteiger partial charge in [-0.1, -0.05) is 28.8 Å². The number of carbonyl (C=O) groups excluding carboxylic acids is 1. The predicted molar refractivity (Wildman–Crippen MR) is 94.4 cm³/mol. The second kappa shape index (κ2) is 9.28. The Morgan fingerprint density at radius 1 is 1.35 bits per heavy atom. The molecule has 0 bridgehead atoms. The van der Waals surface area contributed by atoms with E-state index in [-0.39, 0.29) is 12.0 Å². The molecule has 1 aromatic carbocycles. The Labute approximate surface area is 146 Å². The van der Waals surface area contributed by atoms with E-state index in [2.05, 4.69) is 15.9 Å². The number of carbonyl (C=O) groups is 1. The van der Waals surface area contributed by atoms with E-state index in [0.717, 1.165) is 47.9 Å². The monoisotopic (exact) mass is 383 g/mol. The first-order valence-corrected chi connectivity index (χ1v) is 9.23. The fourth-order valence-corrected chi connectivity index (χ4v) is 3.41. The molecule has 5 heteroatoms. The number of hydrogen-bond donors (Lipinski definition) is 1. The van der Waals surface area contributed by atoms with Gasteiger partial charge in [0.15, 0.2) is 0 Å². The van der Waals surface area contributed by atoms with Crippen LogP contribution < -0.4 is 10.5 Å². The SMILES string of the molecule is CCOC(=O)CC1CCCC[C@H](N)c2cc(Br)ccc2OCC1. The van der Waals surface area contributed by atoms with Crippen molar-refractivity contribution in [3.8, 4) is 5.75 Å². The van der Waals surface area contributed by atoms with E-state index in [1.54, 1.807) is 0 Å². The fraction of sp³-hybridized carbons (Fsp3) is 0.611. The highest BCUT2D eigenvalue weighted by Gasteiger charge is 2.18. The van der Waals surface area contributed by atoms with E-state index in [1.807, 2.05) is 25.1 Å². The molecule has 1 heterocycles. The van der Waals surface area contributed by atoms with Crippen LogP contribution >= 0.6 is 15.9 Å². The van der Waals surface area contributed by atoms with E-state index in [4.69, 9.17) is 15.2 Å². The Hall–Kier alpha value is -1.07. The summed E-state index contributed by atoms with van der Waals surface area (Å²) in [6, 6.07) is 5.98. The highest BCUT2D eigenvalue weighted by atomic mass is 79.9. The van der Waals surface area contributed by atoms with Crippen LogP contribution in [0.1, 0.15) is 57.1 Å². The summed E-state index contributed by atoms with van der Waals surface area (Å²) in [5, 5.41) is 0. The molecular formula is C18H26BrNO3. The zero-order valence-corrected chi connectivity index (χ0v) is 15.3. The summed E-state index contributed by atoms with van der Waals surface area (Å²) in [5.74, 6) is 1.08. The Balaban J connectivity index is 2.04. The summed E-state index contributed by atoms with van der Waals surface area (Å²) in [7, 11) is 0. The molecular weight excluding hydrogens is 358 g/mol. The minimum Gasteiger partial charge on any atom is -0.493 e. The molecule has 1 aromatic rings. The molecule has 4 nitrogen and oxygen atoms in total. The number of benzene rings is 1. The van der Waals surface area contributed by atoms with E-state index in [0.29, 0.717) is 25.6 Å². The van der Waals surface area contributed by atoms with Crippen LogP contribution in [0.5, 0.6) is 5.75 Å². The lowest BCUT2D eigenvalue weighted by molar-refractivity contribution is -0.144. The lowest BCUT2D eigenvalue weighted by Crippen LogP contribution is -2.15. The molecule has 0 amide bonds. The zero-order valence-electron chi connectivity index (χ0n) is 13.7. The normalized spacial score (nSPS) is 22.4. The lowest BCUT2D eigenvalue weighted by Gasteiger charge is -2.17. The molecule has 0 aliphatic carbocycles. The van der Waals surface area contributed by atoms with Crippen molar-refractivity contribution < 1.29 is 14.3 Å². The number of rotatable bonds is 3. The standard InChI is InChI=1S/C18H26BrNO3/c1-2-22-18(21)11-13-5-3-4-6-16(20)15-12-14(19)7-8-17(15)23-10-9-13/h7-8,12-13,16H,2-6,9-11,20H2,1H3/t13?,16-/m0/s1. The van der Waals surface area contributed by atoms with Gasteiger partial charge in [-0.2, -0.15) is 0 Å². The molecule has 0 fully saturated rings. The molecule has 0 aromatic heterocycles. The molecule has 1 aliphatic rings. The summed E-state index contributed by atoms with van der Waals surface area (Å²) in [6.07, 6.45) is 5.45. The van der Waals surface area contributed by atoms with Crippen molar-refractivity contribution >= 4 is 21.9 Å². The molecule has 2 N–H and O–H groups in total. The van der Waals surface area contributed by atoms with E-state index >= 15 is 0 Å². The topological polar surface area (TPSA) is 61.5 Å². The van der Waals surface area contributed by atoms with Crippen molar-refractivity contribution in [2.24, 2.45) is 11.7 Å². The second-order valence-corrected chi connectivity index (χ2v) is 7.00. The van der Waals surface area contributed by atoms with Crippen LogP contribution in [0.4, 0.5) is 0 Å². The maximum Gasteiger partial charge on any atom is 0.306 e. The summed E-state index contributed by atoms with van der Waals surface area (Å²) in [6.45, 7) is 2.89. The van der Waals surface area contributed by atoms with Gasteiger partial charge in [-0.05, 0) is 50.3 Å². The van der Waals surface area contributed by atoms with Crippen LogP contribution in [0, 0.1) is 5.92 Å². The van der Waals surface area contributed by atoms with Crippen molar-refractivity contribution in [3.63, 3.8) is 0 Å². The largest absolute Gasteiger partial charge is 0.493 e. The number of fused-ring (bicyclic) bond motifs is 1. The third-order valence-corrected chi connectivity index (χ3v) is 4.79. The minimum atomic E-state index is -0.103. The van der Waals surface area contributed by atoms with Gasteiger partial charge in [0.1, 0.15) is 5.75 Å². The van der Waals surface area contributed by atoms with Crippen molar-refractivity contribution in [1.29, 1.82) is 0 Å². The average molecular weight is 384 g/mol. The molecule has 0 spiro atoms. The number of hydrogen-bond acceptors (Lipinski definition) is 4. The first-order valence-electron chi connectivity index (χ1n) is 8.43. The number of halogens is 1. The molecule has 1 unspecified atom stereocenters. The number of ether oxygens (including phenoxy) is 2. The zero-order chi connectivity index (χ0) is 16.7. The second-order valence-electron chi connectivity index (χ2n) is 6.09. The van der Waals surface area contributed by atoms with Crippen molar-refractivity contribution in [1.82, 2.24) is 0 Å². The third-order valence-electron chi connectivity index (χ3n) is 4.29. The predicted octanol–water partition coefficient (Wildman–Crippen LogP) is 4.36. The van der Waals surface area contributed by atoms with Crippen LogP contribution in [0.15, 0.2) is 22.7 Å². The van der Waals surface area contributed by atoms with Gasteiger partial charge in [0, 0.05) is 22.5 Å². The van der Waals surface area contributed by atoms with Gasteiger partial charge < -0.3 is 15.2 Å². The summed E-state index contributed by atoms with van der Waals surface area (Å²) in [4.78, 5) is 11.7. The van der Waals surface area contributed by atoms with Crippen LogP contribution in [-0.4, -0.2) is 19.2 Å². The summed E-state index contributed by atoms with van der Waals surface area (Å²) >= 11 is 3.50. The Kier molecular flexibility index (Phi) is 7.37. The van der Waals surface area contributed by atoms with Gasteiger partial charge in [-0.15, -0.1) is 0 Å². The van der Waals surface area contributed by atoms with E-state index in [9.17, 15) is 4.79 Å². The summed E-state index contributed by atoms with van der Waals surface area (Å²) < 4.78 is 12.1. The maximum absolute atomic E-state index is 11.7. The van der Waals surface area contributed by atoms with Crippen LogP contribution in [-0.2, 0) is 9.53 Å². The van der Waals surface area contributed by atoms with Gasteiger partial charge >= 0.3 is 5.97 Å². The first kappa shape index (κ1) is 18.3. The molecule has 128 valence electrons. The van der Waals surface area contributed by atoms with Gasteiger partial charge in [0.25, 0.3) is 0 Å². The smallest absolute Gasteiger partial charge is 0.306 e. The van der Waals surface area contributed by atoms with E-state index in [1.165, 1.54) is 0 Å². The first-order chi connectivity index (χ1) is 11.1. The molecule has 2 atom stereocenters. The summed E-state index contributed by atoms with van der Waals surface area (Å²) in [5.41, 5.74) is 7.39. The van der Waals surface area contributed by atoms with Gasteiger partial charge in [-0.25, -0.2) is 0 Å². The Bertz CT molecular complexity index is 521. The third kappa shape index (κ3) is 5.81. The fourth-order valence-electron chi connectivity index (χ4n) is 3.03. The van der Waals surface area contributed by atoms with E-state index < -0.39 is 0 Å². The Morgan fingerprint density at radius 3 is 2.91 bits per heavy atom. The Morgan fingerprint density at radius 2 is 2.13 bits per heavy atom. The highest BCUT2D eigenvalue weighted by molar-refractivity contribution is 9.10. The molecule has 2 rings (SSSR count). The van der Waals surface area contributed by atoms with Crippen LogP contribution in [0.3, 0.4) is 0 Å². The van der Waals surface area contributed by atoms with Crippen molar-refractivity contribution in [2.75, 3.05) is 13.2 Å². The highest BCUT2D eigenvalue weighted by Crippen LogP contribution is 2.32. The average Bonchev–Trinajstić information content (AvgIpc) is 2.54. The van der Waals surface area contributed by atoms with Crippen LogP contribution in [0.2, 0.25) is 0 Å². The van der Waals surface area contributed by atoms with Gasteiger partial charge in [0.2, 0.25) is 0 Å². The van der Waals surface area contributed by atoms with Gasteiger partial charge in [-0.3, -0.25) is 4.79 Å². The molecule has 23 heavy (non-hydrogen) atoms. The molecule has 0 radical (unpaired) electrons. The molecule has 0 saturated heterocycles. The minimum absolute atomic E-state index is 0.0101. The van der Waals surface area contributed by atoms with Crippen molar-refractivity contribution in [3.05, 3.63) is 28.2 Å². The van der Waals surface area contributed by atoms with Crippen molar-refractivity contribution in [2.45, 2.75) is 51.5 Å². The van der Waals surface area contributed by atoms with Crippen LogP contribution in [0.25, 0.3) is 0 Å². The number of nitrogens with two attached hydrogens (primary N) is 1. The molecule has 0 saturated carbocycles.